The summed E-state index contributed by atoms with van der Waals surface area (Å²) in [7, 11) is 0. The van der Waals surface area contributed by atoms with Crippen molar-refractivity contribution in [3.05, 3.63) is 158 Å². The summed E-state index contributed by atoms with van der Waals surface area (Å²) in [6, 6.07) is 52.5. The van der Waals surface area contributed by atoms with Gasteiger partial charge in [-0.25, -0.2) is 15.0 Å². The van der Waals surface area contributed by atoms with Crippen LogP contribution in [-0.2, 0) is 0 Å². The molecule has 51 heavy (non-hydrogen) atoms. The summed E-state index contributed by atoms with van der Waals surface area (Å²) in [5.41, 5.74) is 11.1. The van der Waals surface area contributed by atoms with Gasteiger partial charge < -0.3 is 4.42 Å². The summed E-state index contributed by atoms with van der Waals surface area (Å²) >= 11 is 0. The number of fused-ring (bicyclic) bond motifs is 7. The van der Waals surface area contributed by atoms with E-state index >= 15 is 0 Å². The number of furan rings is 1. The first-order chi connectivity index (χ1) is 25.3. The molecule has 3 heterocycles. The van der Waals surface area contributed by atoms with Crippen LogP contribution < -0.4 is 0 Å². The molecule has 11 rings (SSSR count). The van der Waals surface area contributed by atoms with Crippen molar-refractivity contribution in [3.8, 4) is 67.7 Å². The molecule has 3 aromatic heterocycles. The quantitative estimate of drug-likeness (QED) is 0.190. The molecule has 7 aromatic carbocycles. The number of nitrogens with zero attached hydrogens (tertiary/aromatic N) is 4. The maximum absolute atomic E-state index is 6.75. The molecular formula is C46H26N4O. The molecule has 1 aliphatic carbocycles. The number of benzene rings is 7. The first-order valence-electron chi connectivity index (χ1n) is 17.1. The van der Waals surface area contributed by atoms with E-state index in [4.69, 9.17) is 24.4 Å². The summed E-state index contributed by atoms with van der Waals surface area (Å²) in [5.74, 6) is 1.66. The van der Waals surface area contributed by atoms with E-state index in [1.165, 1.54) is 33.0 Å². The number of rotatable bonds is 4. The highest BCUT2D eigenvalue weighted by molar-refractivity contribution is 6.21. The fourth-order valence-corrected chi connectivity index (χ4v) is 7.78. The van der Waals surface area contributed by atoms with Crippen LogP contribution in [0.15, 0.2) is 162 Å². The molecule has 0 saturated heterocycles. The van der Waals surface area contributed by atoms with Gasteiger partial charge in [0, 0.05) is 28.3 Å². The summed E-state index contributed by atoms with van der Waals surface area (Å²) < 4.78 is 6.75. The Kier molecular flexibility index (Phi) is 5.89. The summed E-state index contributed by atoms with van der Waals surface area (Å²) in [6.07, 6.45) is 1.92. The Morgan fingerprint density at radius 2 is 1.04 bits per heavy atom. The van der Waals surface area contributed by atoms with Crippen molar-refractivity contribution < 1.29 is 4.42 Å². The first kappa shape index (κ1) is 27.9. The lowest BCUT2D eigenvalue weighted by Crippen LogP contribution is -2.02. The Balaban J connectivity index is 1.17. The van der Waals surface area contributed by atoms with Crippen molar-refractivity contribution in [2.24, 2.45) is 0 Å². The van der Waals surface area contributed by atoms with Gasteiger partial charge in [-0.3, -0.25) is 4.98 Å². The molecule has 0 fully saturated rings. The third-order valence-electron chi connectivity index (χ3n) is 10.1. The molecule has 0 unspecified atom stereocenters. The first-order valence-corrected chi connectivity index (χ1v) is 17.1. The monoisotopic (exact) mass is 650 g/mol. The van der Waals surface area contributed by atoms with E-state index < -0.39 is 0 Å². The molecule has 0 aliphatic heterocycles. The standard InChI is InChI=1S/C46H26N4O/c1-2-12-28(13-3-1)44-48-45(30-22-21-27-11-4-5-14-29(27)25-30)50-46(49-44)42-41-37-17-8-9-20-39(37)51-43(41)38(26-47-42)33-23-24-36-32-16-7-6-15-31(32)34-18-10-19-35(33)40(34)36/h1-26H. The highest BCUT2D eigenvalue weighted by Gasteiger charge is 2.26. The smallest absolute Gasteiger partial charge is 0.183 e. The fraction of sp³-hybridized carbons (Fsp3) is 0. The Bertz CT molecular complexity index is 3010. The lowest BCUT2D eigenvalue weighted by molar-refractivity contribution is 0.669. The van der Waals surface area contributed by atoms with Crippen LogP contribution in [-0.4, -0.2) is 19.9 Å². The number of hydrogen-bond acceptors (Lipinski definition) is 5. The topological polar surface area (TPSA) is 64.7 Å². The second-order valence-corrected chi connectivity index (χ2v) is 13.0. The molecule has 236 valence electrons. The number of aromatic nitrogens is 4. The van der Waals surface area contributed by atoms with Crippen molar-refractivity contribution in [1.29, 1.82) is 0 Å². The zero-order valence-corrected chi connectivity index (χ0v) is 27.2. The zero-order chi connectivity index (χ0) is 33.5. The lowest BCUT2D eigenvalue weighted by atomic mass is 9.94. The van der Waals surface area contributed by atoms with E-state index in [9.17, 15) is 0 Å². The average molecular weight is 651 g/mol. The largest absolute Gasteiger partial charge is 0.455 e. The number of para-hydroxylation sites is 1. The van der Waals surface area contributed by atoms with Crippen molar-refractivity contribution in [3.63, 3.8) is 0 Å². The minimum Gasteiger partial charge on any atom is -0.455 e. The van der Waals surface area contributed by atoms with Crippen molar-refractivity contribution in [1.82, 2.24) is 19.9 Å². The second kappa shape index (κ2) is 10.8. The van der Waals surface area contributed by atoms with Gasteiger partial charge in [0.1, 0.15) is 16.9 Å². The van der Waals surface area contributed by atoms with Crippen molar-refractivity contribution in [2.45, 2.75) is 0 Å². The molecule has 0 atom stereocenters. The lowest BCUT2D eigenvalue weighted by Gasteiger charge is -2.12. The van der Waals surface area contributed by atoms with Crippen LogP contribution in [0.4, 0.5) is 0 Å². The van der Waals surface area contributed by atoms with Gasteiger partial charge in [-0.2, -0.15) is 0 Å². The predicted molar refractivity (Wildman–Crippen MR) is 206 cm³/mol. The van der Waals surface area contributed by atoms with Crippen LogP contribution in [0.3, 0.4) is 0 Å². The van der Waals surface area contributed by atoms with Gasteiger partial charge in [0.25, 0.3) is 0 Å². The average Bonchev–Trinajstić information content (AvgIpc) is 3.75. The van der Waals surface area contributed by atoms with Crippen molar-refractivity contribution in [2.75, 3.05) is 0 Å². The summed E-state index contributed by atoms with van der Waals surface area (Å²) in [4.78, 5) is 20.4. The van der Waals surface area contributed by atoms with Crippen LogP contribution in [0.2, 0.25) is 0 Å². The van der Waals surface area contributed by atoms with Gasteiger partial charge in [0.05, 0.1) is 5.39 Å². The minimum atomic E-state index is 0.492. The highest BCUT2D eigenvalue weighted by atomic mass is 16.3. The van der Waals surface area contributed by atoms with Gasteiger partial charge in [-0.05, 0) is 61.5 Å². The van der Waals surface area contributed by atoms with Crippen LogP contribution >= 0.6 is 0 Å². The van der Waals surface area contributed by atoms with E-state index in [-0.39, 0.29) is 0 Å². The molecule has 0 radical (unpaired) electrons. The van der Waals surface area contributed by atoms with E-state index in [0.717, 1.165) is 55.0 Å². The number of hydrogen-bond donors (Lipinski definition) is 0. The highest BCUT2D eigenvalue weighted by Crippen LogP contribution is 2.50. The van der Waals surface area contributed by atoms with Gasteiger partial charge in [-0.15, -0.1) is 0 Å². The fourth-order valence-electron chi connectivity index (χ4n) is 7.78. The third kappa shape index (κ3) is 4.22. The van der Waals surface area contributed by atoms with E-state index in [0.29, 0.717) is 23.2 Å². The molecule has 0 spiro atoms. The van der Waals surface area contributed by atoms with Crippen LogP contribution in [0, 0.1) is 0 Å². The molecule has 5 heteroatoms. The molecular weight excluding hydrogens is 625 g/mol. The molecule has 0 amide bonds. The Morgan fingerprint density at radius 3 is 1.90 bits per heavy atom. The predicted octanol–water partition coefficient (Wildman–Crippen LogP) is 11.8. The maximum Gasteiger partial charge on any atom is 0.183 e. The van der Waals surface area contributed by atoms with Crippen molar-refractivity contribution >= 4 is 43.5 Å². The maximum atomic E-state index is 6.75. The molecule has 0 bridgehead atoms. The van der Waals surface area contributed by atoms with Gasteiger partial charge in [0.2, 0.25) is 0 Å². The number of pyridine rings is 1. The second-order valence-electron chi connectivity index (χ2n) is 13.0. The SMILES string of the molecule is c1ccc(-c2nc(-c3ccc4ccccc4c3)nc(-c3ncc(-c4ccc5c6c(cccc46)-c4ccccc4-5)c4oc5ccccc5c34)n2)cc1. The van der Waals surface area contributed by atoms with Crippen LogP contribution in [0.5, 0.6) is 0 Å². The normalized spacial score (nSPS) is 11.9. The van der Waals surface area contributed by atoms with E-state index in [1.54, 1.807) is 0 Å². The Hall–Kier alpha value is -6.98. The molecule has 1 aliphatic rings. The van der Waals surface area contributed by atoms with Gasteiger partial charge in [0.15, 0.2) is 17.5 Å². The third-order valence-corrected chi connectivity index (χ3v) is 10.1. The summed E-state index contributed by atoms with van der Waals surface area (Å²) in [5, 5.41) is 6.55. The zero-order valence-electron chi connectivity index (χ0n) is 27.2. The van der Waals surface area contributed by atoms with Crippen LogP contribution in [0.1, 0.15) is 0 Å². The summed E-state index contributed by atoms with van der Waals surface area (Å²) in [6.45, 7) is 0. The molecule has 5 nitrogen and oxygen atoms in total. The van der Waals surface area contributed by atoms with E-state index in [2.05, 4.69) is 97.1 Å². The van der Waals surface area contributed by atoms with Crippen LogP contribution in [0.25, 0.3) is 111 Å². The van der Waals surface area contributed by atoms with Gasteiger partial charge in [-0.1, -0.05) is 140 Å². The van der Waals surface area contributed by atoms with Gasteiger partial charge >= 0.3 is 0 Å². The Morgan fingerprint density at radius 1 is 0.392 bits per heavy atom. The molecule has 0 saturated carbocycles. The van der Waals surface area contributed by atoms with E-state index in [1.807, 2.05) is 60.8 Å². The Labute approximate surface area is 292 Å². The molecule has 10 aromatic rings. The molecule has 0 N–H and O–H groups in total. The minimum absolute atomic E-state index is 0.492.